The van der Waals surface area contributed by atoms with Gasteiger partial charge in [0, 0.05) is 13.7 Å². The Morgan fingerprint density at radius 2 is 1.92 bits per heavy atom. The van der Waals surface area contributed by atoms with Crippen LogP contribution in [-0.4, -0.2) is 43.4 Å². The molecule has 0 amide bonds. The summed E-state index contributed by atoms with van der Waals surface area (Å²) in [5.41, 5.74) is 0. The van der Waals surface area contributed by atoms with E-state index in [9.17, 15) is 0 Å². The number of aliphatic hydroxyl groups excluding tert-OH is 1. The predicted octanol–water partition coefficient (Wildman–Crippen LogP) is 0.535. The Kier molecular flexibility index (Phi) is 3.67. The quantitative estimate of drug-likeness (QED) is 0.702. The minimum Gasteiger partial charge on any atom is -0.396 e. The average molecular weight is 190 g/mol. The molecule has 78 valence electrons. The Balaban J connectivity index is 2.49. The van der Waals surface area contributed by atoms with Crippen molar-refractivity contribution in [3.63, 3.8) is 0 Å². The molecule has 0 aromatic rings. The molecule has 2 atom stereocenters. The van der Waals surface area contributed by atoms with Crippen molar-refractivity contribution < 1.29 is 19.3 Å². The number of hydrogen-bond donors (Lipinski definition) is 1. The van der Waals surface area contributed by atoms with Crippen molar-refractivity contribution in [1.82, 2.24) is 0 Å². The first-order valence-electron chi connectivity index (χ1n) is 4.54. The molecule has 1 heterocycles. The van der Waals surface area contributed by atoms with Gasteiger partial charge in [0.1, 0.15) is 6.10 Å². The first kappa shape index (κ1) is 10.9. The zero-order chi connectivity index (χ0) is 9.90. The first-order valence-corrected chi connectivity index (χ1v) is 4.54. The Bertz CT molecular complexity index is 142. The van der Waals surface area contributed by atoms with E-state index in [-0.39, 0.29) is 18.8 Å². The van der Waals surface area contributed by atoms with E-state index < -0.39 is 5.79 Å². The zero-order valence-electron chi connectivity index (χ0n) is 8.45. The van der Waals surface area contributed by atoms with E-state index in [0.717, 1.165) is 0 Å². The lowest BCUT2D eigenvalue weighted by Gasteiger charge is -2.16. The Morgan fingerprint density at radius 1 is 1.31 bits per heavy atom. The summed E-state index contributed by atoms with van der Waals surface area (Å²) in [6, 6.07) is 0. The van der Waals surface area contributed by atoms with Gasteiger partial charge >= 0.3 is 0 Å². The molecule has 4 heteroatoms. The van der Waals surface area contributed by atoms with Crippen molar-refractivity contribution in [2.75, 3.05) is 20.3 Å². The third-order valence-electron chi connectivity index (χ3n) is 2.03. The summed E-state index contributed by atoms with van der Waals surface area (Å²) in [4.78, 5) is 0. The molecule has 1 saturated heterocycles. The highest BCUT2D eigenvalue weighted by Gasteiger charge is 2.40. The lowest BCUT2D eigenvalue weighted by Crippen LogP contribution is -2.28. The molecule has 4 nitrogen and oxygen atoms in total. The van der Waals surface area contributed by atoms with Crippen LogP contribution in [0, 0.1) is 0 Å². The van der Waals surface area contributed by atoms with E-state index >= 15 is 0 Å². The SMILES string of the molecule is COC[C@H]1OC(C)(C)O[C@H]1CCO. The van der Waals surface area contributed by atoms with Gasteiger partial charge in [-0.05, 0) is 20.3 Å². The molecule has 0 aliphatic carbocycles. The minimum absolute atomic E-state index is 0.0556. The van der Waals surface area contributed by atoms with E-state index in [1.165, 1.54) is 0 Å². The van der Waals surface area contributed by atoms with Crippen LogP contribution in [0.5, 0.6) is 0 Å². The van der Waals surface area contributed by atoms with Gasteiger partial charge in [-0.15, -0.1) is 0 Å². The van der Waals surface area contributed by atoms with Crippen LogP contribution in [0.15, 0.2) is 0 Å². The maximum atomic E-state index is 8.81. The van der Waals surface area contributed by atoms with Crippen LogP contribution in [0.2, 0.25) is 0 Å². The van der Waals surface area contributed by atoms with E-state index in [2.05, 4.69) is 0 Å². The van der Waals surface area contributed by atoms with E-state index in [1.54, 1.807) is 7.11 Å². The van der Waals surface area contributed by atoms with Crippen molar-refractivity contribution in [3.05, 3.63) is 0 Å². The second-order valence-electron chi connectivity index (χ2n) is 3.68. The summed E-state index contributed by atoms with van der Waals surface area (Å²) in [6.07, 6.45) is 0.476. The van der Waals surface area contributed by atoms with Crippen molar-refractivity contribution in [3.8, 4) is 0 Å². The smallest absolute Gasteiger partial charge is 0.163 e. The molecule has 1 aliphatic heterocycles. The molecule has 1 rings (SSSR count). The predicted molar refractivity (Wildman–Crippen MR) is 47.4 cm³/mol. The molecular weight excluding hydrogens is 172 g/mol. The molecule has 0 bridgehead atoms. The topological polar surface area (TPSA) is 47.9 Å². The van der Waals surface area contributed by atoms with Gasteiger partial charge in [0.25, 0.3) is 0 Å². The lowest BCUT2D eigenvalue weighted by molar-refractivity contribution is -0.150. The highest BCUT2D eigenvalue weighted by molar-refractivity contribution is 4.80. The molecule has 13 heavy (non-hydrogen) atoms. The monoisotopic (exact) mass is 190 g/mol. The fraction of sp³-hybridized carbons (Fsp3) is 1.00. The van der Waals surface area contributed by atoms with Crippen molar-refractivity contribution in [2.24, 2.45) is 0 Å². The van der Waals surface area contributed by atoms with Gasteiger partial charge in [0.05, 0.1) is 12.7 Å². The summed E-state index contributed by atoms with van der Waals surface area (Å²) < 4.78 is 16.2. The molecule has 1 aliphatic rings. The molecule has 0 spiro atoms. The summed E-state index contributed by atoms with van der Waals surface area (Å²) in [7, 11) is 1.63. The van der Waals surface area contributed by atoms with Crippen LogP contribution in [0.25, 0.3) is 0 Å². The third kappa shape index (κ3) is 2.91. The van der Waals surface area contributed by atoms with E-state index in [0.29, 0.717) is 13.0 Å². The van der Waals surface area contributed by atoms with Crippen LogP contribution < -0.4 is 0 Å². The lowest BCUT2D eigenvalue weighted by atomic mass is 10.1. The normalized spacial score (nSPS) is 32.3. The summed E-state index contributed by atoms with van der Waals surface area (Å²) in [6.45, 7) is 4.36. The minimum atomic E-state index is -0.553. The van der Waals surface area contributed by atoms with Gasteiger partial charge in [-0.1, -0.05) is 0 Å². The van der Waals surface area contributed by atoms with Gasteiger partial charge in [0.15, 0.2) is 5.79 Å². The maximum absolute atomic E-state index is 8.81. The van der Waals surface area contributed by atoms with Crippen molar-refractivity contribution in [1.29, 1.82) is 0 Å². The molecule has 0 aromatic carbocycles. The summed E-state index contributed by atoms with van der Waals surface area (Å²) >= 11 is 0. The average Bonchev–Trinajstić information content (AvgIpc) is 2.28. The van der Waals surface area contributed by atoms with Crippen molar-refractivity contribution >= 4 is 0 Å². The van der Waals surface area contributed by atoms with Crippen LogP contribution >= 0.6 is 0 Å². The summed E-state index contributed by atoms with van der Waals surface area (Å²) in [5, 5.41) is 8.81. The molecule has 0 unspecified atom stereocenters. The third-order valence-corrected chi connectivity index (χ3v) is 2.03. The van der Waals surface area contributed by atoms with Gasteiger partial charge < -0.3 is 19.3 Å². The molecule has 1 fully saturated rings. The van der Waals surface area contributed by atoms with Crippen LogP contribution in [-0.2, 0) is 14.2 Å². The highest BCUT2D eigenvalue weighted by atomic mass is 16.8. The van der Waals surface area contributed by atoms with E-state index in [4.69, 9.17) is 19.3 Å². The van der Waals surface area contributed by atoms with E-state index in [1.807, 2.05) is 13.8 Å². The number of hydrogen-bond acceptors (Lipinski definition) is 4. The largest absolute Gasteiger partial charge is 0.396 e. The van der Waals surface area contributed by atoms with Gasteiger partial charge in [-0.25, -0.2) is 0 Å². The van der Waals surface area contributed by atoms with Gasteiger partial charge in [-0.2, -0.15) is 0 Å². The summed E-state index contributed by atoms with van der Waals surface area (Å²) in [5.74, 6) is -0.553. The first-order chi connectivity index (χ1) is 6.09. The second kappa shape index (κ2) is 4.37. The van der Waals surface area contributed by atoms with Crippen molar-refractivity contribution in [2.45, 2.75) is 38.3 Å². The molecule has 1 N–H and O–H groups in total. The fourth-order valence-electron chi connectivity index (χ4n) is 1.59. The number of aliphatic hydroxyl groups is 1. The molecule has 0 radical (unpaired) electrons. The number of methoxy groups -OCH3 is 1. The van der Waals surface area contributed by atoms with Crippen LogP contribution in [0.1, 0.15) is 20.3 Å². The highest BCUT2D eigenvalue weighted by Crippen LogP contribution is 2.29. The zero-order valence-corrected chi connectivity index (χ0v) is 8.45. The van der Waals surface area contributed by atoms with Gasteiger partial charge in [0.2, 0.25) is 0 Å². The standard InChI is InChI=1S/C9H18O4/c1-9(2)12-7(4-5-10)8(13-9)6-11-3/h7-8,10H,4-6H2,1-3H3/t7-,8+/m0/s1. The Labute approximate surface area is 78.8 Å². The van der Waals surface area contributed by atoms with Gasteiger partial charge in [-0.3, -0.25) is 0 Å². The number of ether oxygens (including phenoxy) is 3. The molecule has 0 aromatic heterocycles. The maximum Gasteiger partial charge on any atom is 0.163 e. The Morgan fingerprint density at radius 3 is 2.46 bits per heavy atom. The Hall–Kier alpha value is -0.160. The fourth-order valence-corrected chi connectivity index (χ4v) is 1.59. The molecule has 0 saturated carbocycles. The van der Waals surface area contributed by atoms with Crippen LogP contribution in [0.3, 0.4) is 0 Å². The second-order valence-corrected chi connectivity index (χ2v) is 3.68. The number of rotatable bonds is 4. The molecular formula is C9H18O4. The van der Waals surface area contributed by atoms with Crippen LogP contribution in [0.4, 0.5) is 0 Å².